The molecule has 7 heteroatoms. The summed E-state index contributed by atoms with van der Waals surface area (Å²) in [6.45, 7) is 10.2. The van der Waals surface area contributed by atoms with Crippen molar-refractivity contribution in [2.24, 2.45) is 5.92 Å². The van der Waals surface area contributed by atoms with Crippen LogP contribution in [0.5, 0.6) is 0 Å². The van der Waals surface area contributed by atoms with E-state index in [0.29, 0.717) is 10.7 Å². The lowest BCUT2D eigenvalue weighted by molar-refractivity contribution is 0.0383. The zero-order chi connectivity index (χ0) is 21.3. The number of esters is 1. The van der Waals surface area contributed by atoms with Crippen LogP contribution in [0.1, 0.15) is 48.8 Å². The quantitative estimate of drug-likeness (QED) is 0.542. The van der Waals surface area contributed by atoms with Gasteiger partial charge in [0.15, 0.2) is 0 Å². The van der Waals surface area contributed by atoms with Gasteiger partial charge in [0.1, 0.15) is 21.9 Å². The summed E-state index contributed by atoms with van der Waals surface area (Å²) in [5.41, 5.74) is 3.06. The number of fused-ring (bicyclic) bond motifs is 1. The van der Waals surface area contributed by atoms with Crippen molar-refractivity contribution in [1.82, 2.24) is 9.97 Å². The highest BCUT2D eigenvalue weighted by Crippen LogP contribution is 2.35. The molecule has 158 valence electrons. The monoisotopic (exact) mass is 424 g/mol. The SMILES string of the molecule is Cc1c(C(=O)OC(C)C)sc2ncnc(Nc3ccc(N4CCC(C)CC4)cc3)c12. The largest absolute Gasteiger partial charge is 0.459 e. The molecule has 1 fully saturated rings. The first-order valence-corrected chi connectivity index (χ1v) is 11.3. The summed E-state index contributed by atoms with van der Waals surface area (Å²) in [4.78, 5) is 25.0. The number of anilines is 3. The minimum absolute atomic E-state index is 0.160. The van der Waals surface area contributed by atoms with Crippen molar-refractivity contribution in [3.63, 3.8) is 0 Å². The fourth-order valence-corrected chi connectivity index (χ4v) is 4.82. The lowest BCUT2D eigenvalue weighted by Gasteiger charge is -2.32. The molecule has 3 aromatic rings. The number of ether oxygens (including phenoxy) is 1. The van der Waals surface area contributed by atoms with Gasteiger partial charge in [-0.15, -0.1) is 11.3 Å². The van der Waals surface area contributed by atoms with Crippen LogP contribution in [0.4, 0.5) is 17.2 Å². The Morgan fingerprint density at radius 1 is 1.20 bits per heavy atom. The molecule has 0 spiro atoms. The minimum atomic E-state index is -0.309. The minimum Gasteiger partial charge on any atom is -0.459 e. The fourth-order valence-electron chi connectivity index (χ4n) is 3.79. The summed E-state index contributed by atoms with van der Waals surface area (Å²) >= 11 is 1.35. The molecule has 0 radical (unpaired) electrons. The second kappa shape index (κ2) is 8.60. The number of carbonyl (C=O) groups is 1. The van der Waals surface area contributed by atoms with Crippen LogP contribution >= 0.6 is 11.3 Å². The van der Waals surface area contributed by atoms with E-state index in [1.165, 1.54) is 36.2 Å². The van der Waals surface area contributed by atoms with E-state index in [4.69, 9.17) is 4.74 Å². The third-order valence-corrected chi connectivity index (χ3v) is 6.71. The number of nitrogens with one attached hydrogen (secondary N) is 1. The Morgan fingerprint density at radius 3 is 2.57 bits per heavy atom. The second-order valence-corrected chi connectivity index (χ2v) is 9.25. The number of piperidine rings is 1. The summed E-state index contributed by atoms with van der Waals surface area (Å²) < 4.78 is 5.38. The van der Waals surface area contributed by atoms with Gasteiger partial charge < -0.3 is 15.0 Å². The van der Waals surface area contributed by atoms with Gasteiger partial charge in [0.2, 0.25) is 0 Å². The van der Waals surface area contributed by atoms with Gasteiger partial charge in [-0.25, -0.2) is 14.8 Å². The van der Waals surface area contributed by atoms with Crippen molar-refractivity contribution >= 4 is 44.7 Å². The summed E-state index contributed by atoms with van der Waals surface area (Å²) in [7, 11) is 0. The molecule has 4 rings (SSSR count). The number of benzene rings is 1. The van der Waals surface area contributed by atoms with E-state index in [-0.39, 0.29) is 12.1 Å². The van der Waals surface area contributed by atoms with Crippen molar-refractivity contribution in [1.29, 1.82) is 0 Å². The Bertz CT molecular complexity index is 1040. The molecular formula is C23H28N4O2S. The second-order valence-electron chi connectivity index (χ2n) is 8.25. The van der Waals surface area contributed by atoms with E-state index >= 15 is 0 Å². The summed E-state index contributed by atoms with van der Waals surface area (Å²) in [5, 5.41) is 4.27. The van der Waals surface area contributed by atoms with E-state index in [0.717, 1.165) is 40.5 Å². The Hall–Kier alpha value is -2.67. The van der Waals surface area contributed by atoms with E-state index in [2.05, 4.69) is 51.4 Å². The van der Waals surface area contributed by atoms with Gasteiger partial charge in [0.25, 0.3) is 0 Å². The number of hydrogen-bond donors (Lipinski definition) is 1. The predicted octanol–water partition coefficient (Wildman–Crippen LogP) is 5.54. The van der Waals surface area contributed by atoms with Gasteiger partial charge >= 0.3 is 5.97 Å². The zero-order valence-electron chi connectivity index (χ0n) is 17.9. The number of carbonyl (C=O) groups excluding carboxylic acids is 1. The van der Waals surface area contributed by atoms with Crippen LogP contribution in [0.3, 0.4) is 0 Å². The third-order valence-electron chi connectivity index (χ3n) is 5.53. The number of aryl methyl sites for hydroxylation is 1. The normalized spacial score (nSPS) is 15.0. The van der Waals surface area contributed by atoms with Crippen LogP contribution in [-0.4, -0.2) is 35.1 Å². The van der Waals surface area contributed by atoms with E-state index in [1.54, 1.807) is 0 Å². The molecular weight excluding hydrogens is 396 g/mol. The van der Waals surface area contributed by atoms with Crippen LogP contribution in [0.15, 0.2) is 30.6 Å². The van der Waals surface area contributed by atoms with E-state index in [9.17, 15) is 4.79 Å². The number of aromatic nitrogens is 2. The number of hydrogen-bond acceptors (Lipinski definition) is 7. The van der Waals surface area contributed by atoms with Crippen molar-refractivity contribution in [3.8, 4) is 0 Å². The van der Waals surface area contributed by atoms with Crippen molar-refractivity contribution in [2.45, 2.75) is 46.6 Å². The van der Waals surface area contributed by atoms with E-state index in [1.807, 2.05) is 20.8 Å². The first kappa shape index (κ1) is 20.6. The molecule has 0 atom stereocenters. The lowest BCUT2D eigenvalue weighted by Crippen LogP contribution is -2.32. The van der Waals surface area contributed by atoms with Crippen LogP contribution in [0, 0.1) is 12.8 Å². The maximum Gasteiger partial charge on any atom is 0.348 e. The first-order chi connectivity index (χ1) is 14.4. The van der Waals surface area contributed by atoms with Gasteiger partial charge in [0.05, 0.1) is 11.5 Å². The average Bonchev–Trinajstić information content (AvgIpc) is 3.07. The molecule has 1 aliphatic rings. The van der Waals surface area contributed by atoms with Crippen LogP contribution in [0.25, 0.3) is 10.2 Å². The molecule has 0 saturated carbocycles. The lowest BCUT2D eigenvalue weighted by atomic mass is 9.99. The molecule has 3 heterocycles. The van der Waals surface area contributed by atoms with Gasteiger partial charge in [-0.3, -0.25) is 0 Å². The van der Waals surface area contributed by atoms with E-state index < -0.39 is 0 Å². The molecule has 1 aliphatic heterocycles. The molecule has 0 amide bonds. The van der Waals surface area contributed by atoms with Gasteiger partial charge in [0, 0.05) is 24.5 Å². The summed E-state index contributed by atoms with van der Waals surface area (Å²) in [6.07, 6.45) is 3.87. The molecule has 1 aromatic carbocycles. The third kappa shape index (κ3) is 4.26. The van der Waals surface area contributed by atoms with Gasteiger partial charge in [-0.2, -0.15) is 0 Å². The highest BCUT2D eigenvalue weighted by molar-refractivity contribution is 7.20. The van der Waals surface area contributed by atoms with Crippen molar-refractivity contribution in [2.75, 3.05) is 23.3 Å². The molecule has 0 bridgehead atoms. The Balaban J connectivity index is 1.56. The van der Waals surface area contributed by atoms with Crippen LogP contribution in [-0.2, 0) is 4.74 Å². The molecule has 2 aromatic heterocycles. The van der Waals surface area contributed by atoms with Crippen molar-refractivity contribution < 1.29 is 9.53 Å². The summed E-state index contributed by atoms with van der Waals surface area (Å²) in [6, 6.07) is 8.47. The Kier molecular flexibility index (Phi) is 5.90. The molecule has 30 heavy (non-hydrogen) atoms. The number of rotatable bonds is 5. The van der Waals surface area contributed by atoms with Gasteiger partial charge in [-0.1, -0.05) is 6.92 Å². The highest BCUT2D eigenvalue weighted by Gasteiger charge is 2.21. The highest BCUT2D eigenvalue weighted by atomic mass is 32.1. The standard InChI is InChI=1S/C23H28N4O2S/c1-14(2)29-23(28)20-16(4)19-21(24-13-25-22(19)30-20)26-17-5-7-18(8-6-17)27-11-9-15(3)10-12-27/h5-8,13-15H,9-12H2,1-4H3,(H,24,25,26). The Morgan fingerprint density at radius 2 is 1.90 bits per heavy atom. The number of nitrogens with zero attached hydrogens (tertiary/aromatic N) is 3. The maximum atomic E-state index is 12.4. The van der Waals surface area contributed by atoms with Crippen LogP contribution < -0.4 is 10.2 Å². The molecule has 0 unspecified atom stereocenters. The topological polar surface area (TPSA) is 67.3 Å². The maximum absolute atomic E-state index is 12.4. The zero-order valence-corrected chi connectivity index (χ0v) is 18.8. The average molecular weight is 425 g/mol. The van der Waals surface area contributed by atoms with Crippen molar-refractivity contribution in [3.05, 3.63) is 41.0 Å². The Labute approximate surface area is 181 Å². The van der Waals surface area contributed by atoms with Gasteiger partial charge in [-0.05, 0) is 69.4 Å². The fraction of sp³-hybridized carbons (Fsp3) is 0.435. The first-order valence-electron chi connectivity index (χ1n) is 10.5. The smallest absolute Gasteiger partial charge is 0.348 e. The summed E-state index contributed by atoms with van der Waals surface area (Å²) in [5.74, 6) is 1.22. The molecule has 1 saturated heterocycles. The molecule has 1 N–H and O–H groups in total. The predicted molar refractivity (Wildman–Crippen MR) is 123 cm³/mol. The molecule has 6 nitrogen and oxygen atoms in total. The van der Waals surface area contributed by atoms with Crippen LogP contribution in [0.2, 0.25) is 0 Å². The molecule has 0 aliphatic carbocycles. The number of thiophene rings is 1.